The number of anilines is 2. The summed E-state index contributed by atoms with van der Waals surface area (Å²) in [5.74, 6) is 1.09. The van der Waals surface area contributed by atoms with Crippen molar-refractivity contribution in [1.29, 1.82) is 0 Å². The Hall–Kier alpha value is -3.37. The molecule has 0 spiro atoms. The lowest BCUT2D eigenvalue weighted by molar-refractivity contribution is 0.0982. The summed E-state index contributed by atoms with van der Waals surface area (Å²) < 4.78 is 1.95. The Morgan fingerprint density at radius 3 is 2.27 bits per heavy atom. The highest BCUT2D eigenvalue weighted by molar-refractivity contribution is 6.30. The summed E-state index contributed by atoms with van der Waals surface area (Å²) in [5.41, 5.74) is 6.80. The van der Waals surface area contributed by atoms with E-state index < -0.39 is 0 Å². The summed E-state index contributed by atoms with van der Waals surface area (Å²) in [6.45, 7) is 6.12. The van der Waals surface area contributed by atoms with E-state index in [1.54, 1.807) is 0 Å². The van der Waals surface area contributed by atoms with Crippen molar-refractivity contribution in [2.75, 3.05) is 11.9 Å². The average Bonchev–Trinajstić information content (AvgIpc) is 3.24. The molecule has 3 aromatic carbocycles. The van der Waals surface area contributed by atoms with Crippen molar-refractivity contribution in [1.82, 2.24) is 9.78 Å². The summed E-state index contributed by atoms with van der Waals surface area (Å²) in [5, 5.41) is 5.63. The Labute approximate surface area is 200 Å². The van der Waals surface area contributed by atoms with Gasteiger partial charge in [0.2, 0.25) is 0 Å². The maximum Gasteiger partial charge on any atom is 0.162 e. The zero-order valence-electron chi connectivity index (χ0n) is 19.5. The number of hydrogen-bond donors (Lipinski definition) is 0. The molecule has 1 heterocycles. The fourth-order valence-electron chi connectivity index (χ4n) is 3.89. The van der Waals surface area contributed by atoms with E-state index in [2.05, 4.69) is 48.2 Å². The number of ketones is 1. The molecule has 0 aliphatic rings. The Kier molecular flexibility index (Phi) is 6.66. The van der Waals surface area contributed by atoms with Gasteiger partial charge in [-0.2, -0.15) is 5.10 Å². The summed E-state index contributed by atoms with van der Waals surface area (Å²) >= 11 is 6.33. The first-order valence-corrected chi connectivity index (χ1v) is 11.5. The van der Waals surface area contributed by atoms with E-state index in [9.17, 15) is 4.79 Å². The number of nitrogens with zero attached hydrogens (tertiary/aromatic N) is 3. The van der Waals surface area contributed by atoms with Gasteiger partial charge in [-0.05, 0) is 80.4 Å². The van der Waals surface area contributed by atoms with Crippen LogP contribution in [0.15, 0.2) is 72.8 Å². The standard InChI is InChI=1S/C28H28ClN3O/c1-5-6-27(33)21-9-13-24(14-10-21)31(4)28-18-26(22-15-20(3)16-23(29)17-22)30-32(28)25-11-7-19(2)8-12-25/h7-18H,5-6H2,1-4H3. The summed E-state index contributed by atoms with van der Waals surface area (Å²) in [6, 6.07) is 24.1. The third-order valence-corrected chi connectivity index (χ3v) is 5.92. The van der Waals surface area contributed by atoms with Crippen LogP contribution in [0.4, 0.5) is 11.5 Å². The minimum absolute atomic E-state index is 0.176. The molecule has 0 atom stereocenters. The van der Waals surface area contributed by atoms with Gasteiger partial charge in [0.25, 0.3) is 0 Å². The van der Waals surface area contributed by atoms with Crippen molar-refractivity contribution in [2.24, 2.45) is 0 Å². The van der Waals surface area contributed by atoms with E-state index in [0.29, 0.717) is 11.4 Å². The lowest BCUT2D eigenvalue weighted by atomic mass is 10.1. The van der Waals surface area contributed by atoms with Crippen LogP contribution in [0.1, 0.15) is 41.3 Å². The number of aryl methyl sites for hydroxylation is 2. The minimum Gasteiger partial charge on any atom is -0.329 e. The van der Waals surface area contributed by atoms with Crippen LogP contribution < -0.4 is 4.90 Å². The zero-order valence-corrected chi connectivity index (χ0v) is 20.2. The van der Waals surface area contributed by atoms with Gasteiger partial charge in [-0.1, -0.05) is 36.2 Å². The molecule has 0 bridgehead atoms. The van der Waals surface area contributed by atoms with Gasteiger partial charge < -0.3 is 4.90 Å². The van der Waals surface area contributed by atoms with Crippen LogP contribution in [0, 0.1) is 13.8 Å². The van der Waals surface area contributed by atoms with Gasteiger partial charge in [0.05, 0.1) is 11.4 Å². The van der Waals surface area contributed by atoms with E-state index in [-0.39, 0.29) is 5.78 Å². The molecular weight excluding hydrogens is 430 g/mol. The molecule has 0 saturated heterocycles. The monoisotopic (exact) mass is 457 g/mol. The highest BCUT2D eigenvalue weighted by atomic mass is 35.5. The number of aromatic nitrogens is 2. The summed E-state index contributed by atoms with van der Waals surface area (Å²) in [4.78, 5) is 14.3. The van der Waals surface area contributed by atoms with Crippen LogP contribution in [0.3, 0.4) is 0 Å². The molecule has 168 valence electrons. The molecule has 0 aliphatic heterocycles. The number of hydrogen-bond acceptors (Lipinski definition) is 3. The number of Topliss-reactive ketones (excluding diaryl/α,β-unsaturated/α-hetero) is 1. The molecule has 0 amide bonds. The third-order valence-electron chi connectivity index (χ3n) is 5.70. The van der Waals surface area contributed by atoms with Crippen molar-refractivity contribution >= 4 is 28.9 Å². The molecular formula is C28H28ClN3O. The Balaban J connectivity index is 1.77. The zero-order chi connectivity index (χ0) is 23.5. The Morgan fingerprint density at radius 1 is 0.939 bits per heavy atom. The maximum absolute atomic E-state index is 12.2. The van der Waals surface area contributed by atoms with Crippen molar-refractivity contribution in [3.05, 3.63) is 94.5 Å². The first-order valence-electron chi connectivity index (χ1n) is 11.2. The van der Waals surface area contributed by atoms with Crippen LogP contribution in [0.5, 0.6) is 0 Å². The second kappa shape index (κ2) is 9.63. The average molecular weight is 458 g/mol. The SMILES string of the molecule is CCCC(=O)c1ccc(N(C)c2cc(-c3cc(C)cc(Cl)c3)nn2-c2ccc(C)cc2)cc1. The van der Waals surface area contributed by atoms with Crippen molar-refractivity contribution in [3.63, 3.8) is 0 Å². The molecule has 0 radical (unpaired) electrons. The number of rotatable bonds is 7. The first-order chi connectivity index (χ1) is 15.9. The van der Waals surface area contributed by atoms with Gasteiger partial charge in [-0.25, -0.2) is 4.68 Å². The minimum atomic E-state index is 0.176. The quantitative estimate of drug-likeness (QED) is 0.269. The smallest absolute Gasteiger partial charge is 0.162 e. The summed E-state index contributed by atoms with van der Waals surface area (Å²) in [6.07, 6.45) is 1.42. The molecule has 0 fully saturated rings. The molecule has 4 nitrogen and oxygen atoms in total. The van der Waals surface area contributed by atoms with Crippen LogP contribution in [0.25, 0.3) is 16.9 Å². The fraction of sp³-hybridized carbons (Fsp3) is 0.214. The lowest BCUT2D eigenvalue weighted by Gasteiger charge is -2.20. The summed E-state index contributed by atoms with van der Waals surface area (Å²) in [7, 11) is 2.01. The number of carbonyl (C=O) groups excluding carboxylic acids is 1. The first kappa shape index (κ1) is 22.8. The third kappa shape index (κ3) is 5.01. The van der Waals surface area contributed by atoms with E-state index in [1.165, 1.54) is 5.56 Å². The number of benzene rings is 3. The van der Waals surface area contributed by atoms with E-state index in [0.717, 1.165) is 46.0 Å². The Bertz CT molecular complexity index is 1250. The van der Waals surface area contributed by atoms with Crippen LogP contribution in [-0.4, -0.2) is 22.6 Å². The van der Waals surface area contributed by atoms with Crippen molar-refractivity contribution < 1.29 is 4.79 Å². The molecule has 0 aliphatic carbocycles. The van der Waals surface area contributed by atoms with Crippen molar-refractivity contribution in [3.8, 4) is 16.9 Å². The lowest BCUT2D eigenvalue weighted by Crippen LogP contribution is -2.14. The van der Waals surface area contributed by atoms with Gasteiger partial charge in [-0.15, -0.1) is 0 Å². The molecule has 5 heteroatoms. The van der Waals surface area contributed by atoms with Gasteiger partial charge in [0, 0.05) is 41.4 Å². The maximum atomic E-state index is 12.2. The molecule has 33 heavy (non-hydrogen) atoms. The van der Waals surface area contributed by atoms with Gasteiger partial charge >= 0.3 is 0 Å². The molecule has 4 rings (SSSR count). The van der Waals surface area contributed by atoms with Crippen molar-refractivity contribution in [2.45, 2.75) is 33.6 Å². The van der Waals surface area contributed by atoms with Gasteiger partial charge in [0.1, 0.15) is 5.82 Å². The van der Waals surface area contributed by atoms with Gasteiger partial charge in [0.15, 0.2) is 5.78 Å². The fourth-order valence-corrected chi connectivity index (χ4v) is 4.18. The van der Waals surface area contributed by atoms with Crippen LogP contribution in [-0.2, 0) is 0 Å². The van der Waals surface area contributed by atoms with Gasteiger partial charge in [-0.3, -0.25) is 4.79 Å². The van der Waals surface area contributed by atoms with E-state index in [4.69, 9.17) is 16.7 Å². The van der Waals surface area contributed by atoms with Crippen LogP contribution >= 0.6 is 11.6 Å². The second-order valence-corrected chi connectivity index (χ2v) is 8.87. The van der Waals surface area contributed by atoms with E-state index in [1.807, 2.05) is 62.0 Å². The molecule has 4 aromatic rings. The molecule has 0 unspecified atom stereocenters. The molecule has 0 saturated carbocycles. The largest absolute Gasteiger partial charge is 0.329 e. The van der Waals surface area contributed by atoms with E-state index >= 15 is 0 Å². The molecule has 1 aromatic heterocycles. The molecule has 0 N–H and O–H groups in total. The normalized spacial score (nSPS) is 10.9. The topological polar surface area (TPSA) is 38.1 Å². The number of carbonyl (C=O) groups is 1. The highest BCUT2D eigenvalue weighted by Gasteiger charge is 2.17. The predicted octanol–water partition coefficient (Wildman–Crippen LogP) is 7.56. The highest BCUT2D eigenvalue weighted by Crippen LogP contribution is 2.32. The second-order valence-electron chi connectivity index (χ2n) is 8.43. The number of halogens is 1. The Morgan fingerprint density at radius 2 is 1.64 bits per heavy atom. The van der Waals surface area contributed by atoms with Crippen LogP contribution in [0.2, 0.25) is 5.02 Å². The predicted molar refractivity (Wildman–Crippen MR) is 137 cm³/mol.